The van der Waals surface area contributed by atoms with Crippen molar-refractivity contribution in [2.45, 2.75) is 18.7 Å². The van der Waals surface area contributed by atoms with Crippen molar-refractivity contribution < 1.29 is 18.7 Å². The molecule has 0 amide bonds. The molecule has 0 saturated carbocycles. The highest BCUT2D eigenvalue weighted by Gasteiger charge is 2.36. The average Bonchev–Trinajstić information content (AvgIpc) is 2.55. The molecule has 1 aromatic carbocycles. The molecule has 0 aliphatic rings. The number of halogens is 2. The number of carbonyl (C=O) groups is 1. The Morgan fingerprint density at radius 3 is 2.39 bits per heavy atom. The van der Waals surface area contributed by atoms with Crippen molar-refractivity contribution in [1.82, 2.24) is 0 Å². The second-order valence-corrected chi connectivity index (χ2v) is 4.13. The fraction of sp³-hybridized carbons (Fsp3) is 0.250. The predicted octanol–water partition coefficient (Wildman–Crippen LogP) is 4.32. The van der Waals surface area contributed by atoms with Crippen molar-refractivity contribution in [3.8, 4) is 18.8 Å². The molecule has 0 heterocycles. The van der Waals surface area contributed by atoms with Gasteiger partial charge < -0.3 is 5.11 Å². The molecule has 1 unspecified atom stereocenters. The van der Waals surface area contributed by atoms with E-state index in [0.29, 0.717) is 0 Å². The maximum atomic E-state index is 13.7. The van der Waals surface area contributed by atoms with Crippen molar-refractivity contribution in [1.29, 1.82) is 5.26 Å². The highest BCUT2D eigenvalue weighted by Crippen LogP contribution is 2.28. The van der Waals surface area contributed by atoms with E-state index in [4.69, 9.17) is 10.4 Å². The molecule has 0 fully saturated rings. The Hall–Kier alpha value is -2.25. The number of hydrogen-bond donors (Lipinski definition) is 2. The van der Waals surface area contributed by atoms with Gasteiger partial charge in [0, 0.05) is 5.97 Å². The number of benzene rings is 1. The molecule has 1 atom stereocenters. The summed E-state index contributed by atoms with van der Waals surface area (Å²) in [5.74, 6) is -1.84. The summed E-state index contributed by atoms with van der Waals surface area (Å²) in [6.45, 7) is 1.66. The Morgan fingerprint density at radius 1 is 1.48 bits per heavy atom. The second-order valence-electron chi connectivity index (χ2n) is 4.13. The molecule has 1 aromatic rings. The maximum Gasteiger partial charge on any atom is 0.404 e. The average molecular weight is 337 g/mol. The molecule has 0 bridgehead atoms. The third-order valence-corrected chi connectivity index (χ3v) is 2.84. The van der Waals surface area contributed by atoms with Gasteiger partial charge in [-0.2, -0.15) is 12.6 Å². The van der Waals surface area contributed by atoms with Crippen LogP contribution in [0.1, 0.15) is 24.2 Å². The quantitative estimate of drug-likeness (QED) is 0.462. The first-order valence-electron chi connectivity index (χ1n) is 6.45. The van der Waals surface area contributed by atoms with Crippen LogP contribution in [0.4, 0.5) is 13.6 Å². The molecule has 3 nitrogen and oxygen atoms in total. The molecular weight excluding hydrogens is 319 g/mol. The van der Waals surface area contributed by atoms with Crippen molar-refractivity contribution in [2.24, 2.45) is 0 Å². The molecule has 1 N–H and O–H groups in total. The summed E-state index contributed by atoms with van der Waals surface area (Å²) < 4.78 is 26.4. The zero-order valence-corrected chi connectivity index (χ0v) is 13.6. The van der Waals surface area contributed by atoms with Crippen LogP contribution in [0.3, 0.4) is 0 Å². The molecule has 1 rings (SSSR count). The lowest BCUT2D eigenvalue weighted by Crippen LogP contribution is -2.32. The van der Waals surface area contributed by atoms with Gasteiger partial charge in [0.2, 0.25) is 0 Å². The minimum atomic E-state index is -1.42. The van der Waals surface area contributed by atoms with Crippen molar-refractivity contribution in [2.75, 3.05) is 6.26 Å². The molecule has 7 heteroatoms. The Kier molecular flexibility index (Phi) is 13.4. The van der Waals surface area contributed by atoms with E-state index in [0.717, 1.165) is 0 Å². The van der Waals surface area contributed by atoms with Gasteiger partial charge in [-0.25, -0.2) is 14.0 Å². The smallest absolute Gasteiger partial charge is 0.404 e. The fourth-order valence-corrected chi connectivity index (χ4v) is 1.91. The standard InChI is InChI=1S/C13H12BF2NO2.C2H2.CH4S/c1-9(15)6-7-11(14(8-17)13(18)19)10-4-2-3-5-12(10)16;2*1-2/h2-5,11H,1,6-7H2,(H,18,19);1-2H;2H,1H3. The monoisotopic (exact) mass is 337 g/mol. The summed E-state index contributed by atoms with van der Waals surface area (Å²) in [6, 6.07) is 5.61. The molecule has 0 aliphatic carbocycles. The molecule has 122 valence electrons. The zero-order chi connectivity index (χ0) is 18.4. The van der Waals surface area contributed by atoms with Crippen LogP contribution < -0.4 is 0 Å². The third kappa shape index (κ3) is 8.08. The summed E-state index contributed by atoms with van der Waals surface area (Å²) in [4.78, 5) is 11.0. The number of allylic oxidation sites excluding steroid dienone is 1. The highest BCUT2D eigenvalue weighted by molar-refractivity contribution is 7.79. The summed E-state index contributed by atoms with van der Waals surface area (Å²) in [7, 11) is 0. The highest BCUT2D eigenvalue weighted by atomic mass is 32.1. The van der Waals surface area contributed by atoms with Gasteiger partial charge in [-0.15, -0.1) is 12.8 Å². The summed E-state index contributed by atoms with van der Waals surface area (Å²) >= 11 is 3.53. The van der Waals surface area contributed by atoms with Gasteiger partial charge in [-0.3, -0.25) is 4.79 Å². The normalized spacial score (nSPS) is 9.78. The van der Waals surface area contributed by atoms with E-state index in [2.05, 4.69) is 32.1 Å². The van der Waals surface area contributed by atoms with Gasteiger partial charge >= 0.3 is 6.71 Å². The number of terminal acetylenes is 1. The third-order valence-electron chi connectivity index (χ3n) is 2.84. The fourth-order valence-electron chi connectivity index (χ4n) is 1.91. The Labute approximate surface area is 141 Å². The van der Waals surface area contributed by atoms with Crippen LogP contribution in [0.25, 0.3) is 0 Å². The van der Waals surface area contributed by atoms with Crippen LogP contribution in [0.15, 0.2) is 36.7 Å². The van der Waals surface area contributed by atoms with Crippen molar-refractivity contribution in [3.05, 3.63) is 48.1 Å². The Morgan fingerprint density at radius 2 is 2.00 bits per heavy atom. The molecule has 0 spiro atoms. The number of hydrogen-bond acceptors (Lipinski definition) is 3. The first-order valence-corrected chi connectivity index (χ1v) is 7.35. The van der Waals surface area contributed by atoms with Gasteiger partial charge in [0.05, 0.1) is 5.83 Å². The SMILES string of the molecule is C#C.C=C(F)CCC(B(C#N)C(=O)O)c1ccccc1F.CS. The van der Waals surface area contributed by atoms with E-state index in [1.165, 1.54) is 18.2 Å². The molecular formula is C16H18BF2NO2S. The van der Waals surface area contributed by atoms with Gasteiger partial charge in [-0.05, 0) is 36.5 Å². The molecule has 0 saturated heterocycles. The van der Waals surface area contributed by atoms with Gasteiger partial charge in [0.15, 0.2) is 0 Å². The van der Waals surface area contributed by atoms with E-state index >= 15 is 0 Å². The number of thiol groups is 1. The minimum Gasteiger partial charge on any atom is -0.488 e. The van der Waals surface area contributed by atoms with Crippen LogP contribution in [0.2, 0.25) is 0 Å². The first-order chi connectivity index (χ1) is 11.0. The van der Waals surface area contributed by atoms with Gasteiger partial charge in [0.1, 0.15) is 5.82 Å². The second kappa shape index (κ2) is 13.4. The summed E-state index contributed by atoms with van der Waals surface area (Å²) in [5, 5.41) is 17.9. The van der Waals surface area contributed by atoms with E-state index in [1.807, 2.05) is 0 Å². The first kappa shape index (κ1) is 23.0. The van der Waals surface area contributed by atoms with Crippen LogP contribution in [0.5, 0.6) is 0 Å². The number of nitrogens with zero attached hydrogens (tertiary/aromatic N) is 1. The molecule has 23 heavy (non-hydrogen) atoms. The maximum absolute atomic E-state index is 13.7. The number of nitriles is 1. The Balaban J connectivity index is 0. The lowest BCUT2D eigenvalue weighted by molar-refractivity contribution is 0.218. The zero-order valence-electron chi connectivity index (χ0n) is 12.7. The predicted molar refractivity (Wildman–Crippen MR) is 92.8 cm³/mol. The Bertz CT molecular complexity index is 573. The van der Waals surface area contributed by atoms with E-state index in [-0.39, 0.29) is 18.4 Å². The topological polar surface area (TPSA) is 61.1 Å². The van der Waals surface area contributed by atoms with Crippen LogP contribution in [-0.2, 0) is 0 Å². The minimum absolute atomic E-state index is 0.0147. The van der Waals surface area contributed by atoms with Crippen LogP contribution in [0, 0.1) is 29.9 Å². The number of carboxylic acid groups (broad SMARTS) is 1. The largest absolute Gasteiger partial charge is 0.488 e. The summed E-state index contributed by atoms with van der Waals surface area (Å²) in [6.07, 6.45) is 9.60. The van der Waals surface area contributed by atoms with Gasteiger partial charge in [0.25, 0.3) is 5.87 Å². The van der Waals surface area contributed by atoms with E-state index in [1.54, 1.807) is 18.3 Å². The molecule has 0 aromatic heterocycles. The van der Waals surface area contributed by atoms with Crippen LogP contribution >= 0.6 is 12.6 Å². The van der Waals surface area contributed by atoms with Gasteiger partial charge in [-0.1, -0.05) is 24.8 Å². The molecule has 0 aliphatic heterocycles. The van der Waals surface area contributed by atoms with E-state index in [9.17, 15) is 13.6 Å². The lowest BCUT2D eigenvalue weighted by Gasteiger charge is -2.17. The van der Waals surface area contributed by atoms with Crippen LogP contribution in [-0.4, -0.2) is 23.9 Å². The lowest BCUT2D eigenvalue weighted by atomic mass is 9.40. The molecule has 0 radical (unpaired) electrons. The summed E-state index contributed by atoms with van der Waals surface area (Å²) in [5.41, 5.74) is 0.109. The number of rotatable bonds is 6. The van der Waals surface area contributed by atoms with Crippen molar-refractivity contribution in [3.63, 3.8) is 0 Å². The van der Waals surface area contributed by atoms with E-state index < -0.39 is 30.0 Å². The van der Waals surface area contributed by atoms with Crippen molar-refractivity contribution >= 4 is 25.2 Å².